The SMILES string of the molecule is CC1OCCC1NC(c1nccs1)C1CC1. The zero-order valence-electron chi connectivity index (χ0n) is 9.56. The Bertz CT molecular complexity index is 337. The third-order valence-electron chi connectivity index (χ3n) is 3.58. The Balaban J connectivity index is 1.69. The van der Waals surface area contributed by atoms with Crippen LogP contribution >= 0.6 is 11.3 Å². The lowest BCUT2D eigenvalue weighted by molar-refractivity contribution is 0.110. The van der Waals surface area contributed by atoms with Crippen molar-refractivity contribution in [2.75, 3.05) is 6.61 Å². The van der Waals surface area contributed by atoms with Crippen molar-refractivity contribution < 1.29 is 4.74 Å². The van der Waals surface area contributed by atoms with Gasteiger partial charge in [-0.05, 0) is 32.1 Å². The molecule has 3 atom stereocenters. The van der Waals surface area contributed by atoms with Gasteiger partial charge in [0.05, 0.1) is 12.1 Å². The second kappa shape index (κ2) is 4.43. The van der Waals surface area contributed by atoms with Crippen molar-refractivity contribution in [3.63, 3.8) is 0 Å². The van der Waals surface area contributed by atoms with E-state index < -0.39 is 0 Å². The molecule has 3 rings (SSSR count). The van der Waals surface area contributed by atoms with E-state index in [0.29, 0.717) is 18.2 Å². The van der Waals surface area contributed by atoms with Crippen LogP contribution in [0.5, 0.6) is 0 Å². The Morgan fingerprint density at radius 3 is 2.94 bits per heavy atom. The van der Waals surface area contributed by atoms with Gasteiger partial charge in [0.2, 0.25) is 0 Å². The third kappa shape index (κ3) is 2.14. The van der Waals surface area contributed by atoms with Gasteiger partial charge in [-0.1, -0.05) is 0 Å². The summed E-state index contributed by atoms with van der Waals surface area (Å²) in [4.78, 5) is 4.46. The number of hydrogen-bond acceptors (Lipinski definition) is 4. The minimum Gasteiger partial charge on any atom is -0.377 e. The van der Waals surface area contributed by atoms with Crippen LogP contribution in [0.2, 0.25) is 0 Å². The Morgan fingerprint density at radius 1 is 1.50 bits per heavy atom. The zero-order valence-corrected chi connectivity index (χ0v) is 10.4. The molecule has 0 spiro atoms. The first-order chi connectivity index (χ1) is 7.84. The van der Waals surface area contributed by atoms with Gasteiger partial charge in [0.15, 0.2) is 0 Å². The normalized spacial score (nSPS) is 31.8. The molecule has 1 saturated heterocycles. The Morgan fingerprint density at radius 2 is 2.38 bits per heavy atom. The number of ether oxygens (including phenoxy) is 1. The molecule has 0 amide bonds. The minimum atomic E-state index is 0.348. The second-order valence-electron chi connectivity index (χ2n) is 4.82. The quantitative estimate of drug-likeness (QED) is 0.874. The van der Waals surface area contributed by atoms with Crippen LogP contribution in [0.15, 0.2) is 11.6 Å². The molecule has 3 nitrogen and oxygen atoms in total. The third-order valence-corrected chi connectivity index (χ3v) is 4.44. The van der Waals surface area contributed by atoms with Crippen LogP contribution in [0.3, 0.4) is 0 Å². The lowest BCUT2D eigenvalue weighted by Gasteiger charge is -2.23. The molecule has 0 radical (unpaired) electrons. The van der Waals surface area contributed by atoms with Crippen LogP contribution in [0.1, 0.15) is 37.2 Å². The van der Waals surface area contributed by atoms with E-state index in [1.165, 1.54) is 17.8 Å². The average molecular weight is 238 g/mol. The fourth-order valence-electron chi connectivity index (χ4n) is 2.41. The largest absolute Gasteiger partial charge is 0.377 e. The molecule has 3 unspecified atom stereocenters. The molecule has 4 heteroatoms. The van der Waals surface area contributed by atoms with Gasteiger partial charge in [-0.15, -0.1) is 11.3 Å². The van der Waals surface area contributed by atoms with Gasteiger partial charge in [-0.3, -0.25) is 0 Å². The summed E-state index contributed by atoms with van der Waals surface area (Å²) in [6, 6.07) is 0.976. The predicted octanol–water partition coefficient (Wildman–Crippen LogP) is 2.36. The van der Waals surface area contributed by atoms with Crippen LogP contribution in [-0.4, -0.2) is 23.7 Å². The lowest BCUT2D eigenvalue weighted by Crippen LogP contribution is -2.38. The van der Waals surface area contributed by atoms with Crippen molar-refractivity contribution in [2.45, 2.75) is 44.4 Å². The highest BCUT2D eigenvalue weighted by molar-refractivity contribution is 7.09. The van der Waals surface area contributed by atoms with Crippen LogP contribution in [0.4, 0.5) is 0 Å². The number of nitrogens with zero attached hydrogens (tertiary/aromatic N) is 1. The van der Waals surface area contributed by atoms with Gasteiger partial charge in [0.25, 0.3) is 0 Å². The highest BCUT2D eigenvalue weighted by Gasteiger charge is 2.37. The topological polar surface area (TPSA) is 34.1 Å². The van der Waals surface area contributed by atoms with E-state index in [1.807, 2.05) is 6.20 Å². The number of thiazole rings is 1. The fraction of sp³-hybridized carbons (Fsp3) is 0.750. The highest BCUT2D eigenvalue weighted by Crippen LogP contribution is 2.42. The second-order valence-corrected chi connectivity index (χ2v) is 5.75. The average Bonchev–Trinajstić information content (AvgIpc) is 2.82. The van der Waals surface area contributed by atoms with Crippen molar-refractivity contribution in [3.8, 4) is 0 Å². The summed E-state index contributed by atoms with van der Waals surface area (Å²) in [5.74, 6) is 0.805. The van der Waals surface area contributed by atoms with Gasteiger partial charge in [-0.25, -0.2) is 4.98 Å². The predicted molar refractivity (Wildman–Crippen MR) is 64.5 cm³/mol. The summed E-state index contributed by atoms with van der Waals surface area (Å²) >= 11 is 1.77. The molecule has 0 aromatic carbocycles. The van der Waals surface area contributed by atoms with E-state index in [9.17, 15) is 0 Å². The number of aromatic nitrogens is 1. The van der Waals surface area contributed by atoms with Crippen molar-refractivity contribution in [1.82, 2.24) is 10.3 Å². The number of rotatable bonds is 4. The molecule has 1 saturated carbocycles. The van der Waals surface area contributed by atoms with Gasteiger partial charge >= 0.3 is 0 Å². The van der Waals surface area contributed by atoms with E-state index in [4.69, 9.17) is 4.74 Å². The van der Waals surface area contributed by atoms with Crippen LogP contribution in [-0.2, 0) is 4.74 Å². The molecular weight excluding hydrogens is 220 g/mol. The molecule has 1 aromatic rings. The maximum atomic E-state index is 5.60. The molecule has 1 N–H and O–H groups in total. The van der Waals surface area contributed by atoms with Crippen LogP contribution in [0, 0.1) is 5.92 Å². The van der Waals surface area contributed by atoms with Gasteiger partial charge in [-0.2, -0.15) is 0 Å². The van der Waals surface area contributed by atoms with E-state index in [2.05, 4.69) is 22.6 Å². The monoisotopic (exact) mass is 238 g/mol. The molecule has 2 aliphatic rings. The maximum absolute atomic E-state index is 5.60. The summed E-state index contributed by atoms with van der Waals surface area (Å²) in [5, 5.41) is 7.07. The smallest absolute Gasteiger partial charge is 0.110 e. The first-order valence-electron chi connectivity index (χ1n) is 6.11. The summed E-state index contributed by atoms with van der Waals surface area (Å²) in [6.07, 6.45) is 6.08. The first kappa shape index (κ1) is 10.7. The lowest BCUT2D eigenvalue weighted by atomic mass is 10.1. The highest BCUT2D eigenvalue weighted by atomic mass is 32.1. The van der Waals surface area contributed by atoms with Crippen molar-refractivity contribution in [1.29, 1.82) is 0 Å². The molecule has 88 valence electrons. The standard InChI is InChI=1S/C12H18N2OS/c1-8-10(4-6-15-8)14-11(9-2-3-9)12-13-5-7-16-12/h5,7-11,14H,2-4,6H2,1H3. The van der Waals surface area contributed by atoms with E-state index in [-0.39, 0.29) is 0 Å². The molecule has 1 aliphatic heterocycles. The number of nitrogens with one attached hydrogen (secondary N) is 1. The van der Waals surface area contributed by atoms with Crippen LogP contribution < -0.4 is 5.32 Å². The first-order valence-corrected chi connectivity index (χ1v) is 6.99. The number of hydrogen-bond donors (Lipinski definition) is 1. The zero-order chi connectivity index (χ0) is 11.0. The fourth-order valence-corrected chi connectivity index (χ4v) is 3.20. The molecule has 0 bridgehead atoms. The summed E-state index contributed by atoms with van der Waals surface area (Å²) in [7, 11) is 0. The molecular formula is C12H18N2OS. The summed E-state index contributed by atoms with van der Waals surface area (Å²) in [5.41, 5.74) is 0. The van der Waals surface area contributed by atoms with Gasteiger partial charge in [0, 0.05) is 24.2 Å². The van der Waals surface area contributed by atoms with E-state index in [1.54, 1.807) is 11.3 Å². The minimum absolute atomic E-state index is 0.348. The molecule has 16 heavy (non-hydrogen) atoms. The van der Waals surface area contributed by atoms with Gasteiger partial charge in [0.1, 0.15) is 5.01 Å². The molecule has 1 aromatic heterocycles. The van der Waals surface area contributed by atoms with Crippen molar-refractivity contribution in [2.24, 2.45) is 5.92 Å². The van der Waals surface area contributed by atoms with E-state index in [0.717, 1.165) is 18.9 Å². The Hall–Kier alpha value is -0.450. The van der Waals surface area contributed by atoms with Crippen molar-refractivity contribution >= 4 is 11.3 Å². The van der Waals surface area contributed by atoms with Crippen LogP contribution in [0.25, 0.3) is 0 Å². The van der Waals surface area contributed by atoms with Crippen molar-refractivity contribution in [3.05, 3.63) is 16.6 Å². The summed E-state index contributed by atoms with van der Waals surface area (Å²) in [6.45, 7) is 3.06. The molecule has 1 aliphatic carbocycles. The molecule has 2 fully saturated rings. The summed E-state index contributed by atoms with van der Waals surface area (Å²) < 4.78 is 5.60. The van der Waals surface area contributed by atoms with E-state index >= 15 is 0 Å². The maximum Gasteiger partial charge on any atom is 0.110 e. The Labute approximate surface area is 100 Å². The molecule has 2 heterocycles. The Kier molecular flexibility index (Phi) is 2.96. The van der Waals surface area contributed by atoms with Gasteiger partial charge < -0.3 is 10.1 Å².